The molecule has 0 aliphatic carbocycles. The van der Waals surface area contributed by atoms with Gasteiger partial charge in [0.15, 0.2) is 0 Å². The summed E-state index contributed by atoms with van der Waals surface area (Å²) in [6, 6.07) is 7.59. The predicted molar refractivity (Wildman–Crippen MR) is 92.5 cm³/mol. The standard InChI is InChI=1S/C19H26FN3O/c1-14(16-6-9-24-10-7-16)22-17-3-2-8-23(13-17)19-5-4-15(12-21)11-18(19)20/h4-5,11,14,16-17,22H,2-3,6-10,13H2,1H3/t14-,17-/m0/s1. The van der Waals surface area contributed by atoms with Crippen LogP contribution < -0.4 is 10.2 Å². The van der Waals surface area contributed by atoms with Gasteiger partial charge in [0.25, 0.3) is 0 Å². The second-order valence-electron chi connectivity index (χ2n) is 6.97. The molecule has 1 N–H and O–H groups in total. The maximum atomic E-state index is 14.3. The summed E-state index contributed by atoms with van der Waals surface area (Å²) in [4.78, 5) is 2.11. The summed E-state index contributed by atoms with van der Waals surface area (Å²) >= 11 is 0. The van der Waals surface area contributed by atoms with Crippen LogP contribution in [0, 0.1) is 23.1 Å². The van der Waals surface area contributed by atoms with Crippen LogP contribution in [-0.2, 0) is 4.74 Å². The number of ether oxygens (including phenoxy) is 1. The van der Waals surface area contributed by atoms with Crippen LogP contribution in [0.3, 0.4) is 0 Å². The second kappa shape index (κ2) is 7.96. The van der Waals surface area contributed by atoms with Crippen LogP contribution in [0.2, 0.25) is 0 Å². The first-order valence-electron chi connectivity index (χ1n) is 8.96. The number of benzene rings is 1. The Hall–Kier alpha value is -1.64. The molecule has 0 saturated carbocycles. The topological polar surface area (TPSA) is 48.3 Å². The maximum absolute atomic E-state index is 14.3. The summed E-state index contributed by atoms with van der Waals surface area (Å²) in [6.45, 7) is 5.67. The highest BCUT2D eigenvalue weighted by atomic mass is 19.1. The lowest BCUT2D eigenvalue weighted by Crippen LogP contribution is -2.51. The number of rotatable bonds is 4. The van der Waals surface area contributed by atoms with Crippen molar-refractivity contribution in [1.82, 2.24) is 5.32 Å². The van der Waals surface area contributed by atoms with E-state index in [4.69, 9.17) is 10.00 Å². The van der Waals surface area contributed by atoms with Gasteiger partial charge in [0, 0.05) is 38.4 Å². The molecule has 0 amide bonds. The van der Waals surface area contributed by atoms with Crippen molar-refractivity contribution in [1.29, 1.82) is 5.26 Å². The summed E-state index contributed by atoms with van der Waals surface area (Å²) < 4.78 is 19.7. The molecule has 130 valence electrons. The van der Waals surface area contributed by atoms with Crippen molar-refractivity contribution in [2.24, 2.45) is 5.92 Å². The molecule has 2 aliphatic heterocycles. The first-order valence-corrected chi connectivity index (χ1v) is 8.96. The van der Waals surface area contributed by atoms with Gasteiger partial charge in [-0.15, -0.1) is 0 Å². The Kier molecular flexibility index (Phi) is 5.70. The third kappa shape index (κ3) is 4.06. The SMILES string of the molecule is C[C@H](N[C@H]1CCCN(c2ccc(C#N)cc2F)C1)C1CCOCC1. The van der Waals surface area contributed by atoms with Crippen molar-refractivity contribution >= 4 is 5.69 Å². The number of halogens is 1. The van der Waals surface area contributed by atoms with E-state index in [9.17, 15) is 4.39 Å². The lowest BCUT2D eigenvalue weighted by atomic mass is 9.91. The molecule has 1 aromatic carbocycles. The zero-order valence-corrected chi connectivity index (χ0v) is 14.3. The average Bonchev–Trinajstić information content (AvgIpc) is 2.62. The summed E-state index contributed by atoms with van der Waals surface area (Å²) in [6.07, 6.45) is 4.42. The quantitative estimate of drug-likeness (QED) is 0.921. The van der Waals surface area contributed by atoms with Crippen LogP contribution in [0.5, 0.6) is 0 Å². The Morgan fingerprint density at radius 2 is 2.12 bits per heavy atom. The lowest BCUT2D eigenvalue weighted by Gasteiger charge is -2.38. The summed E-state index contributed by atoms with van der Waals surface area (Å²) in [7, 11) is 0. The minimum Gasteiger partial charge on any atom is -0.381 e. The fourth-order valence-electron chi connectivity index (χ4n) is 3.89. The van der Waals surface area contributed by atoms with Gasteiger partial charge >= 0.3 is 0 Å². The van der Waals surface area contributed by atoms with Crippen molar-refractivity contribution < 1.29 is 9.13 Å². The van der Waals surface area contributed by atoms with Crippen LogP contribution in [0.15, 0.2) is 18.2 Å². The van der Waals surface area contributed by atoms with Crippen LogP contribution in [-0.4, -0.2) is 38.4 Å². The monoisotopic (exact) mass is 331 g/mol. The molecule has 2 heterocycles. The van der Waals surface area contributed by atoms with E-state index in [1.807, 2.05) is 6.07 Å². The minimum atomic E-state index is -0.299. The number of anilines is 1. The Balaban J connectivity index is 1.61. The van der Waals surface area contributed by atoms with E-state index in [0.29, 0.717) is 29.3 Å². The smallest absolute Gasteiger partial charge is 0.147 e. The van der Waals surface area contributed by atoms with E-state index in [1.165, 1.54) is 6.07 Å². The zero-order valence-electron chi connectivity index (χ0n) is 14.3. The van der Waals surface area contributed by atoms with Crippen molar-refractivity contribution in [3.05, 3.63) is 29.6 Å². The van der Waals surface area contributed by atoms with Crippen LogP contribution in [0.25, 0.3) is 0 Å². The molecule has 4 nitrogen and oxygen atoms in total. The second-order valence-corrected chi connectivity index (χ2v) is 6.97. The molecule has 1 aromatic rings. The first kappa shape index (κ1) is 17.2. The molecule has 2 fully saturated rings. The molecule has 0 spiro atoms. The molecule has 0 radical (unpaired) electrons. The highest BCUT2D eigenvalue weighted by molar-refractivity contribution is 5.51. The Labute approximate surface area is 143 Å². The number of nitrogens with one attached hydrogen (secondary N) is 1. The van der Waals surface area contributed by atoms with Gasteiger partial charge in [0.1, 0.15) is 5.82 Å². The molecular formula is C19H26FN3O. The lowest BCUT2D eigenvalue weighted by molar-refractivity contribution is 0.0541. The molecular weight excluding hydrogens is 305 g/mol. The maximum Gasteiger partial charge on any atom is 0.147 e. The number of nitriles is 1. The summed E-state index contributed by atoms with van der Waals surface area (Å²) in [5.74, 6) is 0.368. The largest absolute Gasteiger partial charge is 0.381 e. The summed E-state index contributed by atoms with van der Waals surface area (Å²) in [5.41, 5.74) is 0.982. The number of nitrogens with zero attached hydrogens (tertiary/aromatic N) is 2. The van der Waals surface area contributed by atoms with Crippen molar-refractivity contribution in [3.63, 3.8) is 0 Å². The molecule has 2 aliphatic rings. The van der Waals surface area contributed by atoms with Crippen molar-refractivity contribution in [2.75, 3.05) is 31.2 Å². The van der Waals surface area contributed by atoms with Gasteiger partial charge in [0.2, 0.25) is 0 Å². The number of hydrogen-bond donors (Lipinski definition) is 1. The van der Waals surface area contributed by atoms with E-state index in [0.717, 1.165) is 52.0 Å². The molecule has 24 heavy (non-hydrogen) atoms. The third-order valence-electron chi connectivity index (χ3n) is 5.31. The van der Waals surface area contributed by atoms with Gasteiger partial charge < -0.3 is 15.0 Å². The fraction of sp³-hybridized carbons (Fsp3) is 0.632. The molecule has 0 aromatic heterocycles. The third-order valence-corrected chi connectivity index (χ3v) is 5.31. The number of hydrogen-bond acceptors (Lipinski definition) is 4. The molecule has 2 atom stereocenters. The zero-order chi connectivity index (χ0) is 16.9. The van der Waals surface area contributed by atoms with E-state index in [2.05, 4.69) is 17.1 Å². The van der Waals surface area contributed by atoms with Gasteiger partial charge in [-0.05, 0) is 56.7 Å². The summed E-state index contributed by atoms with van der Waals surface area (Å²) in [5, 5.41) is 12.6. The fourth-order valence-corrected chi connectivity index (χ4v) is 3.89. The Morgan fingerprint density at radius 3 is 2.83 bits per heavy atom. The van der Waals surface area contributed by atoms with Gasteiger partial charge in [-0.3, -0.25) is 0 Å². The molecule has 2 saturated heterocycles. The van der Waals surface area contributed by atoms with Gasteiger partial charge in [-0.1, -0.05) is 0 Å². The van der Waals surface area contributed by atoms with E-state index in [-0.39, 0.29) is 5.82 Å². The average molecular weight is 331 g/mol. The Bertz CT molecular complexity index is 595. The highest BCUT2D eigenvalue weighted by Gasteiger charge is 2.26. The first-order chi connectivity index (χ1) is 11.7. The van der Waals surface area contributed by atoms with Gasteiger partial charge in [-0.25, -0.2) is 4.39 Å². The minimum absolute atomic E-state index is 0.299. The van der Waals surface area contributed by atoms with Crippen LogP contribution >= 0.6 is 0 Å². The molecule has 5 heteroatoms. The van der Waals surface area contributed by atoms with Crippen molar-refractivity contribution in [2.45, 2.75) is 44.7 Å². The predicted octanol–water partition coefficient (Wildman–Crippen LogP) is 3.07. The highest BCUT2D eigenvalue weighted by Crippen LogP contribution is 2.25. The molecule has 0 bridgehead atoms. The number of piperidine rings is 1. The van der Waals surface area contributed by atoms with E-state index in [1.54, 1.807) is 12.1 Å². The van der Waals surface area contributed by atoms with Gasteiger partial charge in [0.05, 0.1) is 17.3 Å². The van der Waals surface area contributed by atoms with E-state index < -0.39 is 0 Å². The van der Waals surface area contributed by atoms with Crippen molar-refractivity contribution in [3.8, 4) is 6.07 Å². The molecule has 3 rings (SSSR count). The Morgan fingerprint density at radius 1 is 1.33 bits per heavy atom. The van der Waals surface area contributed by atoms with Gasteiger partial charge in [-0.2, -0.15) is 5.26 Å². The molecule has 0 unspecified atom stereocenters. The van der Waals surface area contributed by atoms with Crippen LogP contribution in [0.1, 0.15) is 38.2 Å². The van der Waals surface area contributed by atoms with Crippen LogP contribution in [0.4, 0.5) is 10.1 Å². The normalized spacial score (nSPS) is 23.7. The van der Waals surface area contributed by atoms with E-state index >= 15 is 0 Å².